The number of imidazole rings is 1. The van der Waals surface area contributed by atoms with Gasteiger partial charge in [0, 0.05) is 25.0 Å². The standard InChI is InChI=1S/C16H18FN3O3/c1-10(21)11-5-4-6-12(14(11)17)15(16(22)23)20(3)9-13-18-7-8-19(13)2/h4-8,15H,9H2,1-3H3,(H,22,23)/t15-/m1/s1. The van der Waals surface area contributed by atoms with Gasteiger partial charge in [0.1, 0.15) is 17.7 Å². The molecule has 0 saturated carbocycles. The summed E-state index contributed by atoms with van der Waals surface area (Å²) in [6, 6.07) is 3.00. The highest BCUT2D eigenvalue weighted by Gasteiger charge is 2.29. The number of carbonyl (C=O) groups excluding carboxylic acids is 1. The molecule has 0 aliphatic rings. The minimum absolute atomic E-state index is 0.0399. The van der Waals surface area contributed by atoms with Gasteiger partial charge in [0.15, 0.2) is 5.78 Å². The molecule has 1 aromatic heterocycles. The number of hydrogen-bond acceptors (Lipinski definition) is 4. The summed E-state index contributed by atoms with van der Waals surface area (Å²) in [6.07, 6.45) is 3.35. The summed E-state index contributed by atoms with van der Waals surface area (Å²) in [5.74, 6) is -1.78. The summed E-state index contributed by atoms with van der Waals surface area (Å²) in [5, 5.41) is 9.53. The normalized spacial score (nSPS) is 12.4. The summed E-state index contributed by atoms with van der Waals surface area (Å²) < 4.78 is 16.3. The molecule has 1 N–H and O–H groups in total. The van der Waals surface area contributed by atoms with Crippen LogP contribution in [0, 0.1) is 5.82 Å². The van der Waals surface area contributed by atoms with Crippen molar-refractivity contribution in [2.24, 2.45) is 7.05 Å². The van der Waals surface area contributed by atoms with Gasteiger partial charge in [-0.05, 0) is 20.0 Å². The van der Waals surface area contributed by atoms with Crippen LogP contribution in [-0.2, 0) is 18.4 Å². The van der Waals surface area contributed by atoms with Crippen molar-refractivity contribution in [3.05, 3.63) is 53.4 Å². The molecule has 0 fully saturated rings. The summed E-state index contributed by atoms with van der Waals surface area (Å²) in [4.78, 5) is 28.8. The first-order chi connectivity index (χ1) is 10.8. The predicted octanol–water partition coefficient (Wildman–Crippen LogP) is 2.02. The molecule has 7 heteroatoms. The highest BCUT2D eigenvalue weighted by atomic mass is 19.1. The number of rotatable bonds is 6. The number of benzene rings is 1. The monoisotopic (exact) mass is 319 g/mol. The van der Waals surface area contributed by atoms with Gasteiger partial charge in [0.2, 0.25) is 0 Å². The molecule has 2 rings (SSSR count). The number of aliphatic carboxylic acids is 1. The Morgan fingerprint density at radius 2 is 2.13 bits per heavy atom. The van der Waals surface area contributed by atoms with Crippen molar-refractivity contribution in [3.63, 3.8) is 0 Å². The van der Waals surface area contributed by atoms with E-state index in [9.17, 15) is 19.1 Å². The van der Waals surface area contributed by atoms with Crippen LogP contribution in [0.2, 0.25) is 0 Å². The predicted molar refractivity (Wildman–Crippen MR) is 81.5 cm³/mol. The van der Waals surface area contributed by atoms with Crippen molar-refractivity contribution in [3.8, 4) is 0 Å². The van der Waals surface area contributed by atoms with Crippen molar-refractivity contribution < 1.29 is 19.1 Å². The molecule has 2 aromatic rings. The lowest BCUT2D eigenvalue weighted by Gasteiger charge is -2.25. The maximum atomic E-state index is 14.5. The number of carboxylic acid groups (broad SMARTS) is 1. The quantitative estimate of drug-likeness (QED) is 0.825. The van der Waals surface area contributed by atoms with Gasteiger partial charge in [0.25, 0.3) is 0 Å². The largest absolute Gasteiger partial charge is 0.480 e. The van der Waals surface area contributed by atoms with Crippen molar-refractivity contribution in [1.29, 1.82) is 0 Å². The van der Waals surface area contributed by atoms with Gasteiger partial charge in [-0.2, -0.15) is 0 Å². The molecule has 0 bridgehead atoms. The minimum atomic E-state index is -1.22. The average Bonchev–Trinajstić information content (AvgIpc) is 2.85. The van der Waals surface area contributed by atoms with Crippen LogP contribution in [0.25, 0.3) is 0 Å². The number of aromatic nitrogens is 2. The van der Waals surface area contributed by atoms with Gasteiger partial charge in [-0.1, -0.05) is 12.1 Å². The SMILES string of the molecule is CC(=O)c1cccc([C@H](C(=O)O)N(C)Cc2nccn2C)c1F. The van der Waals surface area contributed by atoms with E-state index in [2.05, 4.69) is 4.98 Å². The number of Topliss-reactive ketones (excluding diaryl/α,β-unsaturated/α-hetero) is 1. The fourth-order valence-electron chi connectivity index (χ4n) is 2.46. The smallest absolute Gasteiger partial charge is 0.325 e. The molecule has 1 atom stereocenters. The van der Waals surface area contributed by atoms with Crippen molar-refractivity contribution >= 4 is 11.8 Å². The summed E-state index contributed by atoms with van der Waals surface area (Å²) >= 11 is 0. The van der Waals surface area contributed by atoms with Gasteiger partial charge >= 0.3 is 5.97 Å². The van der Waals surface area contributed by atoms with E-state index in [-0.39, 0.29) is 17.7 Å². The molecule has 0 amide bonds. The maximum absolute atomic E-state index is 14.5. The number of ketones is 1. The highest BCUT2D eigenvalue weighted by molar-refractivity contribution is 5.94. The Kier molecular flexibility index (Phi) is 4.90. The summed E-state index contributed by atoms with van der Waals surface area (Å²) in [6.45, 7) is 1.47. The van der Waals surface area contributed by atoms with Crippen LogP contribution < -0.4 is 0 Å². The Bertz CT molecular complexity index is 742. The topological polar surface area (TPSA) is 75.4 Å². The lowest BCUT2D eigenvalue weighted by Crippen LogP contribution is -2.32. The molecule has 0 aliphatic carbocycles. The lowest BCUT2D eigenvalue weighted by molar-refractivity contribution is -0.143. The zero-order valence-electron chi connectivity index (χ0n) is 13.2. The number of carbonyl (C=O) groups is 2. The van der Waals surface area contributed by atoms with Gasteiger partial charge in [-0.15, -0.1) is 0 Å². The first kappa shape index (κ1) is 16.8. The van der Waals surface area contributed by atoms with Crippen LogP contribution in [0.5, 0.6) is 0 Å². The van der Waals surface area contributed by atoms with Crippen LogP contribution in [-0.4, -0.2) is 38.4 Å². The molecular weight excluding hydrogens is 301 g/mol. The second-order valence-corrected chi connectivity index (χ2v) is 5.38. The number of carboxylic acids is 1. The Hall–Kier alpha value is -2.54. The maximum Gasteiger partial charge on any atom is 0.325 e. The fourth-order valence-corrected chi connectivity index (χ4v) is 2.46. The molecule has 0 unspecified atom stereocenters. The van der Waals surface area contributed by atoms with Gasteiger partial charge in [-0.25, -0.2) is 9.37 Å². The van der Waals surface area contributed by atoms with E-state index < -0.39 is 23.6 Å². The van der Waals surface area contributed by atoms with E-state index in [1.807, 2.05) is 0 Å². The Morgan fingerprint density at radius 3 is 2.65 bits per heavy atom. The highest BCUT2D eigenvalue weighted by Crippen LogP contribution is 2.26. The number of nitrogens with zero attached hydrogens (tertiary/aromatic N) is 3. The van der Waals surface area contributed by atoms with Gasteiger partial charge < -0.3 is 9.67 Å². The van der Waals surface area contributed by atoms with Crippen LogP contribution in [0.3, 0.4) is 0 Å². The molecule has 1 heterocycles. The Balaban J connectivity index is 2.39. The number of halogens is 1. The minimum Gasteiger partial charge on any atom is -0.480 e. The molecule has 0 radical (unpaired) electrons. The number of hydrogen-bond donors (Lipinski definition) is 1. The Labute approximate surface area is 133 Å². The third-order valence-corrected chi connectivity index (χ3v) is 3.69. The van der Waals surface area contributed by atoms with Crippen LogP contribution in [0.15, 0.2) is 30.6 Å². The first-order valence-electron chi connectivity index (χ1n) is 7.01. The van der Waals surface area contributed by atoms with Crippen LogP contribution >= 0.6 is 0 Å². The molecule has 23 heavy (non-hydrogen) atoms. The van der Waals surface area contributed by atoms with E-state index in [1.165, 1.54) is 30.0 Å². The van der Waals surface area contributed by atoms with Crippen LogP contribution in [0.1, 0.15) is 34.7 Å². The molecule has 0 aliphatic heterocycles. The molecule has 0 saturated heterocycles. The first-order valence-corrected chi connectivity index (χ1v) is 7.01. The third-order valence-electron chi connectivity index (χ3n) is 3.69. The Morgan fingerprint density at radius 1 is 1.43 bits per heavy atom. The third kappa shape index (κ3) is 3.45. The number of likely N-dealkylation sites (N-methyl/N-ethyl adjacent to an activating group) is 1. The van der Waals surface area contributed by atoms with Crippen molar-refractivity contribution in [2.45, 2.75) is 19.5 Å². The fraction of sp³-hybridized carbons (Fsp3) is 0.312. The van der Waals surface area contributed by atoms with E-state index in [0.717, 1.165) is 0 Å². The summed E-state index contributed by atoms with van der Waals surface area (Å²) in [5.41, 5.74) is -0.152. The van der Waals surface area contributed by atoms with E-state index in [0.29, 0.717) is 5.82 Å². The summed E-state index contributed by atoms with van der Waals surface area (Å²) in [7, 11) is 3.37. The second kappa shape index (κ2) is 6.70. The second-order valence-electron chi connectivity index (χ2n) is 5.38. The van der Waals surface area contributed by atoms with Crippen molar-refractivity contribution in [1.82, 2.24) is 14.5 Å². The molecule has 0 spiro atoms. The van der Waals surface area contributed by atoms with Gasteiger partial charge in [0.05, 0.1) is 12.1 Å². The molecule has 1 aromatic carbocycles. The van der Waals surface area contributed by atoms with E-state index in [4.69, 9.17) is 0 Å². The zero-order valence-corrected chi connectivity index (χ0v) is 13.2. The van der Waals surface area contributed by atoms with E-state index in [1.54, 1.807) is 31.1 Å². The van der Waals surface area contributed by atoms with Crippen molar-refractivity contribution in [2.75, 3.05) is 7.05 Å². The van der Waals surface area contributed by atoms with Gasteiger partial charge in [-0.3, -0.25) is 14.5 Å². The van der Waals surface area contributed by atoms with Crippen LogP contribution in [0.4, 0.5) is 4.39 Å². The average molecular weight is 319 g/mol. The van der Waals surface area contributed by atoms with E-state index >= 15 is 0 Å². The molecular formula is C16H18FN3O3. The molecule has 122 valence electrons. The molecule has 6 nitrogen and oxygen atoms in total. The lowest BCUT2D eigenvalue weighted by atomic mass is 10.00. The zero-order chi connectivity index (χ0) is 17.1. The number of aryl methyl sites for hydroxylation is 1.